The van der Waals surface area contributed by atoms with E-state index >= 15 is 0 Å². The predicted molar refractivity (Wildman–Crippen MR) is 131 cm³/mol. The molecule has 8 nitrogen and oxygen atoms in total. The highest BCUT2D eigenvalue weighted by Gasteiger charge is 2.23. The van der Waals surface area contributed by atoms with Gasteiger partial charge in [-0.25, -0.2) is 4.98 Å². The van der Waals surface area contributed by atoms with E-state index in [0.29, 0.717) is 11.3 Å². The number of hydrogen-bond acceptors (Lipinski definition) is 6. The molecule has 1 aliphatic rings. The second-order valence-corrected chi connectivity index (χ2v) is 8.21. The van der Waals surface area contributed by atoms with Gasteiger partial charge in [-0.1, -0.05) is 12.1 Å². The van der Waals surface area contributed by atoms with Gasteiger partial charge in [0.05, 0.1) is 23.6 Å². The summed E-state index contributed by atoms with van der Waals surface area (Å²) in [5, 5.41) is 15.1. The number of nitro benzene ring substituents is 1. The van der Waals surface area contributed by atoms with Gasteiger partial charge in [0.15, 0.2) is 0 Å². The molecule has 0 bridgehead atoms. The summed E-state index contributed by atoms with van der Waals surface area (Å²) in [5.74, 6) is 0.849. The fourth-order valence-electron chi connectivity index (χ4n) is 4.20. The van der Waals surface area contributed by atoms with Gasteiger partial charge < -0.3 is 15.0 Å². The van der Waals surface area contributed by atoms with E-state index in [2.05, 4.69) is 41.4 Å². The lowest BCUT2D eigenvalue weighted by Gasteiger charge is -2.19. The SMILES string of the molecule is COc1ccc(NC(=O)c2ccc(N3CCc4cc5ccc(C)cc5nc43)cc2)c([N+](=O)[O-])c1. The zero-order valence-corrected chi connectivity index (χ0v) is 18.7. The number of nitro groups is 1. The molecular formula is C26H22N4O4. The van der Waals surface area contributed by atoms with Crippen LogP contribution in [0.5, 0.6) is 5.75 Å². The number of benzene rings is 3. The number of rotatable bonds is 5. The number of pyridine rings is 1. The summed E-state index contributed by atoms with van der Waals surface area (Å²) in [7, 11) is 1.43. The van der Waals surface area contributed by atoms with Crippen LogP contribution in [0.1, 0.15) is 21.5 Å². The third-order valence-electron chi connectivity index (χ3n) is 5.98. The Morgan fingerprint density at radius 1 is 1.09 bits per heavy atom. The molecule has 8 heteroatoms. The maximum absolute atomic E-state index is 12.8. The number of hydrogen-bond donors (Lipinski definition) is 1. The third-order valence-corrected chi connectivity index (χ3v) is 5.98. The van der Waals surface area contributed by atoms with E-state index < -0.39 is 10.8 Å². The lowest BCUT2D eigenvalue weighted by atomic mass is 10.1. The number of amides is 1. The first-order valence-electron chi connectivity index (χ1n) is 10.8. The second-order valence-electron chi connectivity index (χ2n) is 8.21. The number of anilines is 3. The van der Waals surface area contributed by atoms with Gasteiger partial charge in [0.25, 0.3) is 11.6 Å². The molecule has 1 amide bonds. The third kappa shape index (κ3) is 3.90. The van der Waals surface area contributed by atoms with Crippen molar-refractivity contribution in [2.45, 2.75) is 13.3 Å². The minimum absolute atomic E-state index is 0.111. The lowest BCUT2D eigenvalue weighted by Crippen LogP contribution is -2.16. The molecule has 0 spiro atoms. The van der Waals surface area contributed by atoms with Gasteiger partial charge in [-0.2, -0.15) is 0 Å². The first-order valence-corrected chi connectivity index (χ1v) is 10.8. The number of aryl methyl sites for hydroxylation is 1. The molecule has 4 aromatic rings. The van der Waals surface area contributed by atoms with Gasteiger partial charge in [0.2, 0.25) is 0 Å². The summed E-state index contributed by atoms with van der Waals surface area (Å²) in [4.78, 5) is 30.6. The molecule has 1 aromatic heterocycles. The van der Waals surface area contributed by atoms with Crippen LogP contribution in [0.4, 0.5) is 22.9 Å². The minimum atomic E-state index is -0.551. The number of carbonyl (C=O) groups is 1. The standard InChI is InChI=1S/C26H22N4O4/c1-16-3-4-18-14-19-11-12-29(25(19)27-23(18)13-16)20-7-5-17(6-8-20)26(31)28-22-10-9-21(34-2)15-24(22)30(32)33/h3-10,13-15H,11-12H2,1-2H3,(H,28,31). The number of carbonyl (C=O) groups excluding carboxylic acids is 1. The zero-order chi connectivity index (χ0) is 23.8. The summed E-state index contributed by atoms with van der Waals surface area (Å²) in [6.45, 7) is 2.86. The van der Waals surface area contributed by atoms with Crippen molar-refractivity contribution in [3.8, 4) is 5.75 Å². The molecule has 0 saturated heterocycles. The molecule has 0 unspecified atom stereocenters. The van der Waals surface area contributed by atoms with Gasteiger partial charge >= 0.3 is 0 Å². The van der Waals surface area contributed by atoms with Crippen LogP contribution in [0.2, 0.25) is 0 Å². The summed E-state index contributed by atoms with van der Waals surface area (Å²) in [5.41, 5.74) is 4.54. The average Bonchev–Trinajstić information content (AvgIpc) is 3.25. The van der Waals surface area contributed by atoms with Crippen LogP contribution in [0.3, 0.4) is 0 Å². The van der Waals surface area contributed by atoms with Crippen molar-refractivity contribution in [1.29, 1.82) is 0 Å². The quantitative estimate of drug-likeness (QED) is 0.320. The number of aromatic nitrogens is 1. The van der Waals surface area contributed by atoms with Crippen LogP contribution in [0.25, 0.3) is 10.9 Å². The van der Waals surface area contributed by atoms with Crippen LogP contribution in [-0.4, -0.2) is 29.5 Å². The maximum atomic E-state index is 12.8. The smallest absolute Gasteiger partial charge is 0.296 e. The van der Waals surface area contributed by atoms with Crippen LogP contribution >= 0.6 is 0 Å². The molecule has 0 atom stereocenters. The average molecular weight is 454 g/mol. The van der Waals surface area contributed by atoms with Gasteiger partial charge in [-0.15, -0.1) is 0 Å². The fourth-order valence-corrected chi connectivity index (χ4v) is 4.20. The lowest BCUT2D eigenvalue weighted by molar-refractivity contribution is -0.384. The van der Waals surface area contributed by atoms with Crippen molar-refractivity contribution in [2.24, 2.45) is 0 Å². The highest BCUT2D eigenvalue weighted by atomic mass is 16.6. The molecule has 0 saturated carbocycles. The number of nitrogens with zero attached hydrogens (tertiary/aromatic N) is 3. The Balaban J connectivity index is 1.38. The van der Waals surface area contributed by atoms with E-state index in [-0.39, 0.29) is 11.4 Å². The van der Waals surface area contributed by atoms with Crippen molar-refractivity contribution in [3.63, 3.8) is 0 Å². The van der Waals surface area contributed by atoms with Crippen molar-refractivity contribution in [1.82, 2.24) is 4.98 Å². The molecule has 34 heavy (non-hydrogen) atoms. The topological polar surface area (TPSA) is 97.6 Å². The molecule has 0 fully saturated rings. The highest BCUT2D eigenvalue weighted by molar-refractivity contribution is 6.05. The Kier molecular flexibility index (Phi) is 5.33. The molecule has 0 radical (unpaired) electrons. The van der Waals surface area contributed by atoms with Crippen LogP contribution in [0.15, 0.2) is 66.7 Å². The van der Waals surface area contributed by atoms with Crippen molar-refractivity contribution < 1.29 is 14.5 Å². The normalized spacial score (nSPS) is 12.5. The Morgan fingerprint density at radius 3 is 2.62 bits per heavy atom. The molecular weight excluding hydrogens is 432 g/mol. The molecule has 5 rings (SSSR count). The minimum Gasteiger partial charge on any atom is -0.496 e. The monoisotopic (exact) mass is 454 g/mol. The molecule has 2 heterocycles. The number of fused-ring (bicyclic) bond motifs is 2. The molecule has 3 aromatic carbocycles. The van der Waals surface area contributed by atoms with Gasteiger partial charge in [-0.3, -0.25) is 14.9 Å². The van der Waals surface area contributed by atoms with Crippen LogP contribution < -0.4 is 15.0 Å². The molecule has 170 valence electrons. The van der Waals surface area contributed by atoms with Crippen molar-refractivity contribution in [2.75, 3.05) is 23.9 Å². The van der Waals surface area contributed by atoms with E-state index in [4.69, 9.17) is 9.72 Å². The van der Waals surface area contributed by atoms with E-state index in [1.807, 2.05) is 12.1 Å². The summed E-state index contributed by atoms with van der Waals surface area (Å²) in [6, 6.07) is 19.9. The Bertz CT molecular complexity index is 1430. The molecule has 1 aliphatic heterocycles. The Morgan fingerprint density at radius 2 is 1.88 bits per heavy atom. The van der Waals surface area contributed by atoms with Crippen molar-refractivity contribution in [3.05, 3.63) is 93.5 Å². The number of ether oxygens (including phenoxy) is 1. The number of methoxy groups -OCH3 is 1. The van der Waals surface area contributed by atoms with E-state index in [0.717, 1.165) is 40.9 Å². The first kappa shape index (κ1) is 21.4. The van der Waals surface area contributed by atoms with Gasteiger partial charge in [-0.05, 0) is 73.0 Å². The van der Waals surface area contributed by atoms with E-state index in [9.17, 15) is 14.9 Å². The van der Waals surface area contributed by atoms with Crippen LogP contribution in [-0.2, 0) is 6.42 Å². The van der Waals surface area contributed by atoms with Crippen LogP contribution in [0, 0.1) is 17.0 Å². The van der Waals surface area contributed by atoms with E-state index in [1.165, 1.54) is 24.8 Å². The number of nitrogens with one attached hydrogen (secondary N) is 1. The molecule has 1 N–H and O–H groups in total. The molecule has 0 aliphatic carbocycles. The first-order chi connectivity index (χ1) is 16.4. The summed E-state index contributed by atoms with van der Waals surface area (Å²) >= 11 is 0. The van der Waals surface area contributed by atoms with Gasteiger partial charge in [0.1, 0.15) is 17.3 Å². The second kappa shape index (κ2) is 8.47. The zero-order valence-electron chi connectivity index (χ0n) is 18.7. The van der Waals surface area contributed by atoms with E-state index in [1.54, 1.807) is 18.2 Å². The van der Waals surface area contributed by atoms with Gasteiger partial charge in [0, 0.05) is 23.2 Å². The fraction of sp³-hybridized carbons (Fsp3) is 0.154. The predicted octanol–water partition coefficient (Wildman–Crippen LogP) is 5.41. The largest absolute Gasteiger partial charge is 0.496 e. The maximum Gasteiger partial charge on any atom is 0.296 e. The summed E-state index contributed by atoms with van der Waals surface area (Å²) in [6.07, 6.45) is 0.898. The Hall–Kier alpha value is -4.46. The Labute approximate surface area is 196 Å². The summed E-state index contributed by atoms with van der Waals surface area (Å²) < 4.78 is 5.04. The van der Waals surface area contributed by atoms with Crippen molar-refractivity contribution >= 4 is 39.7 Å². The highest BCUT2D eigenvalue weighted by Crippen LogP contribution is 2.35.